The number of aryl methyl sites for hydroxylation is 2. The Balaban J connectivity index is 1.15. The monoisotopic (exact) mass is 746 g/mol. The molecule has 8 rings (SSSR count). The zero-order valence-electron chi connectivity index (χ0n) is 33.1. The van der Waals surface area contributed by atoms with Crippen LogP contribution >= 0.6 is 0 Å². The first-order chi connectivity index (χ1) is 27.9. The molecule has 4 aromatic heterocycles. The average Bonchev–Trinajstić information content (AvgIpc) is 3.27. The highest BCUT2D eigenvalue weighted by atomic mass is 14.8. The minimum absolute atomic E-state index is 0.234. The number of unbranched alkanes of at least 4 members (excludes halogenated alkanes) is 1. The molecule has 1 unspecified atom stereocenters. The maximum Gasteiger partial charge on any atom is 0.0790 e. The summed E-state index contributed by atoms with van der Waals surface area (Å²) >= 11 is 0. The van der Waals surface area contributed by atoms with E-state index in [1.165, 1.54) is 0 Å². The summed E-state index contributed by atoms with van der Waals surface area (Å²) in [6.45, 7) is 6.95. The smallest absolute Gasteiger partial charge is 0.0790 e. The third kappa shape index (κ3) is 7.71. The number of hydrogen-bond acceptors (Lipinski definition) is 6. The lowest BCUT2D eigenvalue weighted by atomic mass is 9.82. The highest BCUT2D eigenvalue weighted by Crippen LogP contribution is 2.38. The van der Waals surface area contributed by atoms with Crippen molar-refractivity contribution in [3.8, 4) is 44.8 Å². The van der Waals surface area contributed by atoms with Gasteiger partial charge in [0.25, 0.3) is 0 Å². The first kappa shape index (κ1) is 37.8. The molecule has 4 N–H and O–H groups in total. The maximum absolute atomic E-state index is 7.26. The normalized spacial score (nSPS) is 12.7. The summed E-state index contributed by atoms with van der Waals surface area (Å²) in [5.41, 5.74) is 27.1. The second-order valence-electron chi connectivity index (χ2n) is 15.5. The van der Waals surface area contributed by atoms with Gasteiger partial charge in [0.05, 0.1) is 28.0 Å². The zero-order chi connectivity index (χ0) is 39.4. The number of aromatic nitrogens is 4. The highest BCUT2D eigenvalue weighted by molar-refractivity contribution is 5.94. The Hall–Kier alpha value is -6.08. The van der Waals surface area contributed by atoms with Crippen LogP contribution in [0, 0.1) is 5.92 Å². The van der Waals surface area contributed by atoms with Crippen LogP contribution in [-0.2, 0) is 18.4 Å². The molecule has 8 aromatic rings. The van der Waals surface area contributed by atoms with Gasteiger partial charge in [-0.25, -0.2) is 9.97 Å². The van der Waals surface area contributed by atoms with Crippen LogP contribution < -0.4 is 11.5 Å². The van der Waals surface area contributed by atoms with Gasteiger partial charge in [-0.2, -0.15) is 0 Å². The Labute approximate surface area is 336 Å². The number of nitrogens with zero attached hydrogens (tertiary/aromatic N) is 4. The summed E-state index contributed by atoms with van der Waals surface area (Å²) in [7, 11) is 0. The van der Waals surface area contributed by atoms with Crippen LogP contribution in [0.1, 0.15) is 62.5 Å². The van der Waals surface area contributed by atoms with E-state index in [0.29, 0.717) is 5.92 Å². The number of benzene rings is 4. The van der Waals surface area contributed by atoms with Crippen LogP contribution in [0.2, 0.25) is 0 Å². The van der Waals surface area contributed by atoms with E-state index in [1.54, 1.807) is 0 Å². The first-order valence-corrected chi connectivity index (χ1v) is 20.2. The number of fused-ring (bicyclic) bond motifs is 2. The zero-order valence-corrected chi connectivity index (χ0v) is 33.1. The molecule has 4 heterocycles. The summed E-state index contributed by atoms with van der Waals surface area (Å²) in [4.78, 5) is 20.1. The van der Waals surface area contributed by atoms with Gasteiger partial charge in [-0.3, -0.25) is 9.97 Å². The first-order valence-electron chi connectivity index (χ1n) is 20.2. The van der Waals surface area contributed by atoms with Crippen molar-refractivity contribution >= 4 is 21.8 Å². The quantitative estimate of drug-likeness (QED) is 0.122. The number of rotatable bonds is 13. The van der Waals surface area contributed by atoms with E-state index >= 15 is 0 Å². The molecule has 6 heteroatoms. The van der Waals surface area contributed by atoms with Gasteiger partial charge in [0.15, 0.2) is 0 Å². The maximum atomic E-state index is 7.26. The molecule has 6 nitrogen and oxygen atoms in total. The lowest BCUT2D eigenvalue weighted by Gasteiger charge is -2.30. The van der Waals surface area contributed by atoms with E-state index in [1.807, 2.05) is 36.7 Å². The Bertz CT molecular complexity index is 2620. The number of hydrogen-bond donors (Lipinski definition) is 2. The van der Waals surface area contributed by atoms with Crippen molar-refractivity contribution < 1.29 is 0 Å². The van der Waals surface area contributed by atoms with Crippen LogP contribution in [0.5, 0.6) is 0 Å². The fourth-order valence-corrected chi connectivity index (χ4v) is 7.84. The van der Waals surface area contributed by atoms with Gasteiger partial charge >= 0.3 is 0 Å². The fourth-order valence-electron chi connectivity index (χ4n) is 7.84. The van der Waals surface area contributed by atoms with E-state index in [0.717, 1.165) is 121 Å². The van der Waals surface area contributed by atoms with Gasteiger partial charge in [0, 0.05) is 63.4 Å². The van der Waals surface area contributed by atoms with E-state index < -0.39 is 5.54 Å². The second kappa shape index (κ2) is 16.6. The van der Waals surface area contributed by atoms with Crippen molar-refractivity contribution in [2.24, 2.45) is 17.4 Å². The molecule has 4 aromatic carbocycles. The topological polar surface area (TPSA) is 104 Å². The highest BCUT2D eigenvalue weighted by Gasteiger charge is 2.29. The molecule has 0 bridgehead atoms. The predicted molar refractivity (Wildman–Crippen MR) is 237 cm³/mol. The summed E-state index contributed by atoms with van der Waals surface area (Å²) in [5, 5.41) is 2.21. The molecule has 0 saturated carbocycles. The Morgan fingerprint density at radius 3 is 1.44 bits per heavy atom. The van der Waals surface area contributed by atoms with Gasteiger partial charge in [0.1, 0.15) is 0 Å². The van der Waals surface area contributed by atoms with Crippen molar-refractivity contribution in [2.75, 3.05) is 6.54 Å². The van der Waals surface area contributed by atoms with Gasteiger partial charge in [-0.15, -0.1) is 0 Å². The third-order valence-electron chi connectivity index (χ3n) is 11.2. The molecule has 0 aliphatic carbocycles. The molecule has 0 aliphatic rings. The van der Waals surface area contributed by atoms with Crippen LogP contribution in [0.15, 0.2) is 146 Å². The Morgan fingerprint density at radius 1 is 0.561 bits per heavy atom. The molecule has 0 aliphatic heterocycles. The Morgan fingerprint density at radius 2 is 1.02 bits per heavy atom. The molecule has 0 spiro atoms. The molecule has 0 amide bonds. The van der Waals surface area contributed by atoms with Gasteiger partial charge in [0.2, 0.25) is 0 Å². The van der Waals surface area contributed by atoms with Crippen molar-refractivity contribution in [2.45, 2.75) is 58.4 Å². The minimum atomic E-state index is -0.911. The van der Waals surface area contributed by atoms with Crippen molar-refractivity contribution in [3.63, 3.8) is 0 Å². The van der Waals surface area contributed by atoms with Crippen LogP contribution in [-0.4, -0.2) is 26.5 Å². The molecule has 0 radical (unpaired) electrons. The molecule has 57 heavy (non-hydrogen) atoms. The number of pyridine rings is 4. The minimum Gasteiger partial charge on any atom is -0.328 e. The van der Waals surface area contributed by atoms with E-state index in [4.69, 9.17) is 31.4 Å². The standard InChI is InChI=1S/C51H50N6/c1-4-5-16-45-43-31-41(35-12-8-6-9-13-35)49(56-47(43)27-29-54-45)37-18-22-39(23-19-37)51(53,33-52)40-24-20-38(21-25-40)50-42(36-14-10-7-11-15-36)32-44-46(26-17-34(2)3)55-30-28-48(44)57-50/h6-15,18-25,27-32,34H,4-5,16-17,26,33,52-53H2,1-3H3. The Kier molecular flexibility index (Phi) is 11.0. The van der Waals surface area contributed by atoms with Crippen LogP contribution in [0.4, 0.5) is 0 Å². The van der Waals surface area contributed by atoms with Gasteiger partial charge in [-0.05, 0) is 78.1 Å². The van der Waals surface area contributed by atoms with Crippen molar-refractivity contribution in [3.05, 3.63) is 168 Å². The largest absolute Gasteiger partial charge is 0.328 e. The SMILES string of the molecule is CCCCc1nccc2nc(-c3ccc(C(N)(CN)c4ccc(-c5nc6ccnc(CCC(C)C)c6cc5-c5ccccc5)cc4)cc3)c(-c3ccccc3)cc12. The molecular formula is C51H50N6. The van der Waals surface area contributed by atoms with E-state index in [9.17, 15) is 0 Å². The fraction of sp³-hybridized carbons (Fsp3) is 0.216. The van der Waals surface area contributed by atoms with Crippen molar-refractivity contribution in [1.82, 2.24) is 19.9 Å². The summed E-state index contributed by atoms with van der Waals surface area (Å²) in [6, 6.07) is 46.4. The second-order valence-corrected chi connectivity index (χ2v) is 15.5. The summed E-state index contributed by atoms with van der Waals surface area (Å²) in [5.74, 6) is 0.596. The molecule has 0 fully saturated rings. The molecule has 1 atom stereocenters. The molecule has 284 valence electrons. The van der Waals surface area contributed by atoms with Crippen LogP contribution in [0.25, 0.3) is 66.6 Å². The van der Waals surface area contributed by atoms with Crippen LogP contribution in [0.3, 0.4) is 0 Å². The van der Waals surface area contributed by atoms with E-state index in [2.05, 4.69) is 130 Å². The average molecular weight is 747 g/mol. The molecular weight excluding hydrogens is 697 g/mol. The van der Waals surface area contributed by atoms with Gasteiger partial charge < -0.3 is 11.5 Å². The lowest BCUT2D eigenvalue weighted by molar-refractivity contribution is 0.552. The van der Waals surface area contributed by atoms with E-state index in [-0.39, 0.29) is 6.54 Å². The third-order valence-corrected chi connectivity index (χ3v) is 11.2. The number of nitrogens with two attached hydrogens (primary N) is 2. The van der Waals surface area contributed by atoms with Gasteiger partial charge in [-0.1, -0.05) is 136 Å². The summed E-state index contributed by atoms with van der Waals surface area (Å²) in [6.07, 6.45) is 8.90. The van der Waals surface area contributed by atoms with Crippen molar-refractivity contribution in [1.29, 1.82) is 0 Å². The molecule has 0 saturated heterocycles. The summed E-state index contributed by atoms with van der Waals surface area (Å²) < 4.78 is 0. The lowest BCUT2D eigenvalue weighted by Crippen LogP contribution is -2.45. The predicted octanol–water partition coefficient (Wildman–Crippen LogP) is 11.3.